The van der Waals surface area contributed by atoms with E-state index in [1.54, 1.807) is 17.4 Å². The van der Waals surface area contributed by atoms with Gasteiger partial charge in [-0.15, -0.1) is 22.7 Å². The molecule has 4 rings (SSSR count). The summed E-state index contributed by atoms with van der Waals surface area (Å²) in [4.78, 5) is 23.6. The Morgan fingerprint density at radius 3 is 2.67 bits per heavy atom. The zero-order chi connectivity index (χ0) is 19.0. The Kier molecular flexibility index (Phi) is 4.48. The normalized spacial score (nSPS) is 11.7. The predicted octanol–water partition coefficient (Wildman–Crippen LogP) is 5.39. The minimum Gasteiger partial charge on any atom is -0.305 e. The van der Waals surface area contributed by atoms with E-state index in [9.17, 15) is 10.1 Å². The van der Waals surface area contributed by atoms with Crippen LogP contribution in [-0.4, -0.2) is 9.97 Å². The SMILES string of the molecule is Cc1sc2nc(/C(C#N)=C/c3ccc(-c4ccccc4)s3)[nH]c(=O)c2c1C. The van der Waals surface area contributed by atoms with Crippen molar-refractivity contribution in [2.24, 2.45) is 0 Å². The van der Waals surface area contributed by atoms with Crippen LogP contribution < -0.4 is 5.56 Å². The number of aryl methyl sites for hydroxylation is 2. The van der Waals surface area contributed by atoms with E-state index in [2.05, 4.69) is 28.2 Å². The summed E-state index contributed by atoms with van der Waals surface area (Å²) < 4.78 is 0. The third-order valence-corrected chi connectivity index (χ3v) is 6.57. The molecule has 1 N–H and O–H groups in total. The maximum absolute atomic E-state index is 12.5. The third kappa shape index (κ3) is 3.23. The number of H-pyrrole nitrogens is 1. The highest BCUT2D eigenvalue weighted by Crippen LogP contribution is 2.31. The molecule has 132 valence electrons. The lowest BCUT2D eigenvalue weighted by molar-refractivity contribution is 1.13. The van der Waals surface area contributed by atoms with Gasteiger partial charge in [0, 0.05) is 14.6 Å². The van der Waals surface area contributed by atoms with Gasteiger partial charge in [0.25, 0.3) is 5.56 Å². The van der Waals surface area contributed by atoms with Crippen LogP contribution in [0.2, 0.25) is 0 Å². The smallest absolute Gasteiger partial charge is 0.260 e. The van der Waals surface area contributed by atoms with Crippen molar-refractivity contribution in [3.8, 4) is 16.5 Å². The monoisotopic (exact) mass is 389 g/mol. The lowest BCUT2D eigenvalue weighted by Gasteiger charge is -1.99. The fourth-order valence-electron chi connectivity index (χ4n) is 2.87. The number of nitrogens with zero attached hydrogens (tertiary/aromatic N) is 2. The van der Waals surface area contributed by atoms with Crippen LogP contribution in [0.15, 0.2) is 47.3 Å². The second-order valence-electron chi connectivity index (χ2n) is 6.12. The Bertz CT molecular complexity index is 1270. The van der Waals surface area contributed by atoms with Crippen LogP contribution in [-0.2, 0) is 0 Å². The van der Waals surface area contributed by atoms with Gasteiger partial charge in [0.2, 0.25) is 0 Å². The van der Waals surface area contributed by atoms with Crippen LogP contribution >= 0.6 is 22.7 Å². The van der Waals surface area contributed by atoms with E-state index in [1.807, 2.05) is 44.2 Å². The molecule has 0 atom stereocenters. The topological polar surface area (TPSA) is 69.5 Å². The second-order valence-corrected chi connectivity index (χ2v) is 8.43. The fraction of sp³-hybridized carbons (Fsp3) is 0.0952. The molecular formula is C21H15N3OS2. The lowest BCUT2D eigenvalue weighted by atomic mass is 10.2. The number of aromatic amines is 1. The summed E-state index contributed by atoms with van der Waals surface area (Å²) in [6.07, 6.45) is 1.77. The number of nitrogens with one attached hydrogen (secondary N) is 1. The average Bonchev–Trinajstić information content (AvgIpc) is 3.25. The molecule has 0 saturated heterocycles. The minimum absolute atomic E-state index is 0.200. The van der Waals surface area contributed by atoms with Gasteiger partial charge >= 0.3 is 0 Å². The van der Waals surface area contributed by atoms with E-state index in [4.69, 9.17) is 0 Å². The molecular weight excluding hydrogens is 374 g/mol. The number of fused-ring (bicyclic) bond motifs is 1. The van der Waals surface area contributed by atoms with E-state index in [1.165, 1.54) is 11.3 Å². The summed E-state index contributed by atoms with van der Waals surface area (Å²) >= 11 is 3.07. The van der Waals surface area contributed by atoms with Gasteiger partial charge in [-0.25, -0.2) is 4.98 Å². The largest absolute Gasteiger partial charge is 0.305 e. The summed E-state index contributed by atoms with van der Waals surface area (Å²) in [5.41, 5.74) is 2.23. The van der Waals surface area contributed by atoms with E-state index < -0.39 is 0 Å². The van der Waals surface area contributed by atoms with Gasteiger partial charge in [-0.3, -0.25) is 4.79 Å². The molecule has 0 amide bonds. The number of hydrogen-bond donors (Lipinski definition) is 1. The van der Waals surface area contributed by atoms with E-state index >= 15 is 0 Å². The lowest BCUT2D eigenvalue weighted by Crippen LogP contribution is -2.10. The zero-order valence-corrected chi connectivity index (χ0v) is 16.4. The molecule has 0 fully saturated rings. The van der Waals surface area contributed by atoms with Crippen molar-refractivity contribution >= 4 is 44.5 Å². The third-order valence-electron chi connectivity index (χ3n) is 4.39. The molecule has 0 unspecified atom stereocenters. The Hall–Kier alpha value is -3.01. The molecule has 4 aromatic rings. The molecule has 6 heteroatoms. The maximum Gasteiger partial charge on any atom is 0.260 e. The zero-order valence-electron chi connectivity index (χ0n) is 14.7. The van der Waals surface area contributed by atoms with Crippen LogP contribution in [0.1, 0.15) is 21.1 Å². The number of nitriles is 1. The Morgan fingerprint density at radius 2 is 1.93 bits per heavy atom. The van der Waals surface area contributed by atoms with Crippen molar-refractivity contribution in [2.75, 3.05) is 0 Å². The average molecular weight is 390 g/mol. The van der Waals surface area contributed by atoms with Crippen molar-refractivity contribution in [3.05, 3.63) is 74.0 Å². The maximum atomic E-state index is 12.5. The number of allylic oxidation sites excluding steroid dienone is 1. The Balaban J connectivity index is 1.77. The second kappa shape index (κ2) is 6.95. The van der Waals surface area contributed by atoms with Crippen molar-refractivity contribution in [1.29, 1.82) is 5.26 Å². The fourth-order valence-corrected chi connectivity index (χ4v) is 4.85. The highest BCUT2D eigenvalue weighted by Gasteiger charge is 2.14. The van der Waals surface area contributed by atoms with Crippen LogP contribution in [0.5, 0.6) is 0 Å². The standard InChI is InChI=1S/C21H15N3OS2/c1-12-13(2)26-21-18(12)20(25)23-19(24-21)15(11-22)10-16-8-9-17(27-16)14-6-4-3-5-7-14/h3-10H,1-2H3,(H,23,24,25)/b15-10+. The number of benzene rings is 1. The van der Waals surface area contributed by atoms with Gasteiger partial charge < -0.3 is 4.98 Å². The van der Waals surface area contributed by atoms with E-state index in [0.717, 1.165) is 25.8 Å². The summed E-state index contributed by atoms with van der Waals surface area (Å²) in [6.45, 7) is 3.89. The molecule has 0 aliphatic heterocycles. The first-order chi connectivity index (χ1) is 13.1. The first-order valence-corrected chi connectivity index (χ1v) is 9.97. The number of thiophene rings is 2. The predicted molar refractivity (Wildman–Crippen MR) is 113 cm³/mol. The van der Waals surface area contributed by atoms with Gasteiger partial charge in [0.1, 0.15) is 10.9 Å². The molecule has 0 radical (unpaired) electrons. The molecule has 4 nitrogen and oxygen atoms in total. The van der Waals surface area contributed by atoms with Gasteiger partial charge in [0.05, 0.1) is 11.0 Å². The molecule has 3 heterocycles. The summed E-state index contributed by atoms with van der Waals surface area (Å²) in [7, 11) is 0. The van der Waals surface area contributed by atoms with Gasteiger partial charge in [-0.1, -0.05) is 30.3 Å². The van der Waals surface area contributed by atoms with Crippen LogP contribution in [0.4, 0.5) is 0 Å². The number of hydrogen-bond acceptors (Lipinski definition) is 5. The molecule has 0 bridgehead atoms. The van der Waals surface area contributed by atoms with Crippen LogP contribution in [0, 0.1) is 25.2 Å². The highest BCUT2D eigenvalue weighted by atomic mass is 32.1. The van der Waals surface area contributed by atoms with Gasteiger partial charge in [0.15, 0.2) is 5.82 Å². The first kappa shape index (κ1) is 17.4. The number of rotatable bonds is 3. The van der Waals surface area contributed by atoms with Crippen molar-refractivity contribution in [3.63, 3.8) is 0 Å². The first-order valence-electron chi connectivity index (χ1n) is 8.34. The summed E-state index contributed by atoms with van der Waals surface area (Å²) in [6, 6.07) is 16.3. The molecule has 3 aromatic heterocycles. The van der Waals surface area contributed by atoms with E-state index in [0.29, 0.717) is 21.6 Å². The summed E-state index contributed by atoms with van der Waals surface area (Å²) in [5.74, 6) is 0.311. The van der Waals surface area contributed by atoms with Crippen molar-refractivity contribution < 1.29 is 0 Å². The van der Waals surface area contributed by atoms with Crippen LogP contribution in [0.25, 0.3) is 32.3 Å². The molecule has 27 heavy (non-hydrogen) atoms. The van der Waals surface area contributed by atoms with Crippen molar-refractivity contribution in [1.82, 2.24) is 9.97 Å². The Labute approximate surface area is 164 Å². The van der Waals surface area contributed by atoms with Crippen molar-refractivity contribution in [2.45, 2.75) is 13.8 Å². The summed E-state index contributed by atoms with van der Waals surface area (Å²) in [5, 5.41) is 10.2. The molecule has 1 aromatic carbocycles. The van der Waals surface area contributed by atoms with Crippen LogP contribution in [0.3, 0.4) is 0 Å². The van der Waals surface area contributed by atoms with Gasteiger partial charge in [-0.2, -0.15) is 5.26 Å². The molecule has 0 saturated carbocycles. The molecule has 0 aliphatic rings. The highest BCUT2D eigenvalue weighted by molar-refractivity contribution is 7.18. The molecule has 0 aliphatic carbocycles. The van der Waals surface area contributed by atoms with Gasteiger partial charge in [-0.05, 0) is 43.2 Å². The minimum atomic E-state index is -0.200. The van der Waals surface area contributed by atoms with E-state index in [-0.39, 0.29) is 5.56 Å². The molecule has 0 spiro atoms. The Morgan fingerprint density at radius 1 is 1.15 bits per heavy atom. The quantitative estimate of drug-likeness (QED) is 0.477. The number of aromatic nitrogens is 2.